The van der Waals surface area contributed by atoms with Crippen molar-refractivity contribution in [1.29, 1.82) is 0 Å². The number of aliphatic hydroxyl groups is 1. The highest BCUT2D eigenvalue weighted by Gasteiger charge is 2.11. The molecule has 1 heterocycles. The fourth-order valence-electron chi connectivity index (χ4n) is 1.53. The van der Waals surface area contributed by atoms with Crippen LogP contribution >= 0.6 is 11.6 Å². The first kappa shape index (κ1) is 12.5. The SMILES string of the molecule is O=C(Nc1ccccc1CO)c1ccncc1Cl. The van der Waals surface area contributed by atoms with Crippen molar-refractivity contribution in [3.05, 3.63) is 58.9 Å². The summed E-state index contributed by atoms with van der Waals surface area (Å²) >= 11 is 5.89. The number of nitrogens with one attached hydrogen (secondary N) is 1. The fourth-order valence-corrected chi connectivity index (χ4v) is 1.73. The minimum absolute atomic E-state index is 0.138. The van der Waals surface area contributed by atoms with Gasteiger partial charge in [0.1, 0.15) is 0 Å². The number of hydrogen-bond acceptors (Lipinski definition) is 3. The van der Waals surface area contributed by atoms with E-state index < -0.39 is 0 Å². The Morgan fingerprint density at radius 1 is 1.33 bits per heavy atom. The van der Waals surface area contributed by atoms with Gasteiger partial charge in [0, 0.05) is 23.6 Å². The fraction of sp³-hybridized carbons (Fsp3) is 0.0769. The van der Waals surface area contributed by atoms with Gasteiger partial charge in [0.25, 0.3) is 5.91 Å². The van der Waals surface area contributed by atoms with Gasteiger partial charge in [0.05, 0.1) is 17.2 Å². The third-order valence-corrected chi connectivity index (χ3v) is 2.75. The van der Waals surface area contributed by atoms with E-state index in [1.165, 1.54) is 12.4 Å². The number of nitrogens with zero attached hydrogens (tertiary/aromatic N) is 1. The normalized spacial score (nSPS) is 10.1. The van der Waals surface area contributed by atoms with Gasteiger partial charge in [0.2, 0.25) is 0 Å². The Morgan fingerprint density at radius 3 is 2.83 bits per heavy atom. The van der Waals surface area contributed by atoms with Crippen LogP contribution in [0.3, 0.4) is 0 Å². The molecule has 5 heteroatoms. The van der Waals surface area contributed by atoms with Gasteiger partial charge < -0.3 is 10.4 Å². The predicted molar refractivity (Wildman–Crippen MR) is 69.6 cm³/mol. The lowest BCUT2D eigenvalue weighted by Crippen LogP contribution is -2.13. The highest BCUT2D eigenvalue weighted by Crippen LogP contribution is 2.18. The van der Waals surface area contributed by atoms with Gasteiger partial charge in [-0.1, -0.05) is 29.8 Å². The molecule has 0 unspecified atom stereocenters. The zero-order valence-corrected chi connectivity index (χ0v) is 10.2. The highest BCUT2D eigenvalue weighted by molar-refractivity contribution is 6.34. The minimum atomic E-state index is -0.330. The summed E-state index contributed by atoms with van der Waals surface area (Å²) in [5.74, 6) is -0.330. The maximum atomic E-state index is 12.0. The lowest BCUT2D eigenvalue weighted by Gasteiger charge is -2.09. The van der Waals surface area contributed by atoms with Crippen LogP contribution in [0.15, 0.2) is 42.7 Å². The van der Waals surface area contributed by atoms with Gasteiger partial charge in [-0.15, -0.1) is 0 Å². The van der Waals surface area contributed by atoms with Crippen LogP contribution in [0.25, 0.3) is 0 Å². The number of anilines is 1. The molecule has 2 rings (SSSR count). The molecule has 0 saturated heterocycles. The van der Waals surface area contributed by atoms with Crippen molar-refractivity contribution >= 4 is 23.2 Å². The quantitative estimate of drug-likeness (QED) is 0.893. The van der Waals surface area contributed by atoms with Crippen LogP contribution in [-0.4, -0.2) is 16.0 Å². The number of para-hydroxylation sites is 1. The molecule has 18 heavy (non-hydrogen) atoms. The summed E-state index contributed by atoms with van der Waals surface area (Å²) in [6, 6.07) is 8.57. The van der Waals surface area contributed by atoms with Crippen LogP contribution in [-0.2, 0) is 6.61 Å². The number of amides is 1. The van der Waals surface area contributed by atoms with Crippen molar-refractivity contribution < 1.29 is 9.90 Å². The number of aromatic nitrogens is 1. The monoisotopic (exact) mass is 262 g/mol. The lowest BCUT2D eigenvalue weighted by molar-refractivity contribution is 0.102. The van der Waals surface area contributed by atoms with Crippen molar-refractivity contribution in [3.63, 3.8) is 0 Å². The molecule has 0 aliphatic rings. The molecule has 92 valence electrons. The van der Waals surface area contributed by atoms with Crippen LogP contribution in [0.1, 0.15) is 15.9 Å². The Labute approximate surface area is 109 Å². The number of hydrogen-bond donors (Lipinski definition) is 2. The van der Waals surface area contributed by atoms with E-state index in [9.17, 15) is 4.79 Å². The highest BCUT2D eigenvalue weighted by atomic mass is 35.5. The average Bonchev–Trinajstić information content (AvgIpc) is 2.39. The maximum absolute atomic E-state index is 12.0. The van der Waals surface area contributed by atoms with E-state index in [1.807, 2.05) is 0 Å². The number of halogens is 1. The zero-order chi connectivity index (χ0) is 13.0. The third-order valence-electron chi connectivity index (χ3n) is 2.45. The second kappa shape index (κ2) is 5.62. The average molecular weight is 263 g/mol. The Bertz CT molecular complexity index is 572. The van der Waals surface area contributed by atoms with Gasteiger partial charge in [-0.2, -0.15) is 0 Å². The van der Waals surface area contributed by atoms with Gasteiger partial charge in [-0.25, -0.2) is 0 Å². The second-order valence-electron chi connectivity index (χ2n) is 3.62. The summed E-state index contributed by atoms with van der Waals surface area (Å²) in [7, 11) is 0. The molecule has 0 aliphatic heterocycles. The van der Waals surface area contributed by atoms with E-state index in [2.05, 4.69) is 10.3 Å². The lowest BCUT2D eigenvalue weighted by atomic mass is 10.1. The van der Waals surface area contributed by atoms with E-state index in [0.717, 1.165) is 0 Å². The predicted octanol–water partition coefficient (Wildman–Crippen LogP) is 2.48. The topological polar surface area (TPSA) is 62.2 Å². The van der Waals surface area contributed by atoms with Crippen molar-refractivity contribution in [2.75, 3.05) is 5.32 Å². The number of rotatable bonds is 3. The largest absolute Gasteiger partial charge is 0.392 e. The minimum Gasteiger partial charge on any atom is -0.392 e. The summed E-state index contributed by atoms with van der Waals surface area (Å²) < 4.78 is 0. The van der Waals surface area contributed by atoms with Crippen LogP contribution in [0.5, 0.6) is 0 Å². The van der Waals surface area contributed by atoms with Crippen molar-refractivity contribution in [2.24, 2.45) is 0 Å². The number of carbonyl (C=O) groups is 1. The summed E-state index contributed by atoms with van der Waals surface area (Å²) in [6.07, 6.45) is 2.91. The molecule has 0 bridgehead atoms. The van der Waals surface area contributed by atoms with Gasteiger partial charge in [0.15, 0.2) is 0 Å². The molecule has 0 radical (unpaired) electrons. The Kier molecular flexibility index (Phi) is 3.92. The van der Waals surface area contributed by atoms with E-state index >= 15 is 0 Å². The van der Waals surface area contributed by atoms with Crippen LogP contribution in [0, 0.1) is 0 Å². The summed E-state index contributed by atoms with van der Waals surface area (Å²) in [5.41, 5.74) is 1.56. The number of pyridine rings is 1. The number of carbonyl (C=O) groups excluding carboxylic acids is 1. The molecule has 4 nitrogen and oxygen atoms in total. The molecular formula is C13H11ClN2O2. The summed E-state index contributed by atoms with van der Waals surface area (Å²) in [4.78, 5) is 15.8. The standard InChI is InChI=1S/C13H11ClN2O2/c14-11-7-15-6-5-10(11)13(18)16-12-4-2-1-3-9(12)8-17/h1-7,17H,8H2,(H,16,18). The molecule has 2 N–H and O–H groups in total. The molecule has 0 aliphatic carbocycles. The first-order valence-corrected chi connectivity index (χ1v) is 5.70. The molecular weight excluding hydrogens is 252 g/mol. The van der Waals surface area contributed by atoms with Gasteiger partial charge in [-0.05, 0) is 12.1 Å². The summed E-state index contributed by atoms with van der Waals surface area (Å²) in [6.45, 7) is -0.138. The Hall–Kier alpha value is -1.91. The second-order valence-corrected chi connectivity index (χ2v) is 4.03. The van der Waals surface area contributed by atoms with Crippen molar-refractivity contribution in [2.45, 2.75) is 6.61 Å². The number of benzene rings is 1. The molecule has 1 amide bonds. The van der Waals surface area contributed by atoms with E-state index in [4.69, 9.17) is 16.7 Å². The molecule has 0 fully saturated rings. The summed E-state index contributed by atoms with van der Waals surface area (Å²) in [5, 5.41) is 12.2. The molecule has 2 aromatic rings. The van der Waals surface area contributed by atoms with Crippen LogP contribution < -0.4 is 5.32 Å². The molecule has 1 aromatic carbocycles. The van der Waals surface area contributed by atoms with E-state index in [1.54, 1.807) is 30.3 Å². The zero-order valence-electron chi connectivity index (χ0n) is 9.43. The number of aliphatic hydroxyl groups excluding tert-OH is 1. The molecule has 0 spiro atoms. The molecule has 0 atom stereocenters. The van der Waals surface area contributed by atoms with Gasteiger partial charge >= 0.3 is 0 Å². The third kappa shape index (κ3) is 2.67. The maximum Gasteiger partial charge on any atom is 0.257 e. The first-order chi connectivity index (χ1) is 8.72. The van der Waals surface area contributed by atoms with Crippen molar-refractivity contribution in [3.8, 4) is 0 Å². The first-order valence-electron chi connectivity index (χ1n) is 5.32. The van der Waals surface area contributed by atoms with E-state index in [0.29, 0.717) is 16.8 Å². The smallest absolute Gasteiger partial charge is 0.257 e. The van der Waals surface area contributed by atoms with Crippen LogP contribution in [0.2, 0.25) is 5.02 Å². The Balaban J connectivity index is 2.24. The molecule has 0 saturated carbocycles. The van der Waals surface area contributed by atoms with Crippen molar-refractivity contribution in [1.82, 2.24) is 4.98 Å². The molecule has 1 aromatic heterocycles. The van der Waals surface area contributed by atoms with E-state index in [-0.39, 0.29) is 17.5 Å². The van der Waals surface area contributed by atoms with Gasteiger partial charge in [-0.3, -0.25) is 9.78 Å². The Morgan fingerprint density at radius 2 is 2.11 bits per heavy atom. The van der Waals surface area contributed by atoms with Crippen LogP contribution in [0.4, 0.5) is 5.69 Å².